The van der Waals surface area contributed by atoms with Crippen LogP contribution in [0.25, 0.3) is 0 Å². The number of hydrogen-bond donors (Lipinski definition) is 2. The molecule has 0 aliphatic rings. The van der Waals surface area contributed by atoms with Crippen molar-refractivity contribution < 1.29 is 0 Å². The molecular formula is C9H13BrN2. The first-order valence-electron chi connectivity index (χ1n) is 3.88. The second-order valence-electron chi connectivity index (χ2n) is 2.91. The molecule has 0 saturated carbocycles. The number of halogens is 1. The zero-order chi connectivity index (χ0) is 9.14. The predicted octanol–water partition coefficient (Wildman–Crippen LogP) is 1.80. The summed E-state index contributed by atoms with van der Waals surface area (Å²) >= 11 is 3.43. The molecule has 0 radical (unpaired) electrons. The Labute approximate surface area is 81.1 Å². The summed E-state index contributed by atoms with van der Waals surface area (Å²) in [4.78, 5) is 0. The topological polar surface area (TPSA) is 52.0 Å². The molecule has 2 atom stereocenters. The Morgan fingerprint density at radius 2 is 1.83 bits per heavy atom. The lowest BCUT2D eigenvalue weighted by Crippen LogP contribution is -2.31. The third-order valence-electron chi connectivity index (χ3n) is 1.83. The van der Waals surface area contributed by atoms with Crippen molar-refractivity contribution in [1.29, 1.82) is 0 Å². The first-order chi connectivity index (χ1) is 5.63. The molecule has 0 bridgehead atoms. The highest BCUT2D eigenvalue weighted by Crippen LogP contribution is 2.22. The van der Waals surface area contributed by atoms with Gasteiger partial charge in [0.2, 0.25) is 0 Å². The van der Waals surface area contributed by atoms with Gasteiger partial charge in [0.15, 0.2) is 0 Å². The number of benzene rings is 1. The van der Waals surface area contributed by atoms with E-state index in [2.05, 4.69) is 15.9 Å². The third kappa shape index (κ3) is 2.06. The van der Waals surface area contributed by atoms with E-state index >= 15 is 0 Å². The highest BCUT2D eigenvalue weighted by molar-refractivity contribution is 9.10. The highest BCUT2D eigenvalue weighted by atomic mass is 79.9. The first kappa shape index (κ1) is 9.71. The standard InChI is InChI=1S/C9H13BrN2/c1-6(11)9(12)7-4-2-3-5-8(7)10/h2-6,9H,11-12H2,1H3. The average molecular weight is 229 g/mol. The summed E-state index contributed by atoms with van der Waals surface area (Å²) in [6.07, 6.45) is 0. The van der Waals surface area contributed by atoms with E-state index in [1.165, 1.54) is 0 Å². The molecule has 0 heterocycles. The molecule has 3 heteroatoms. The van der Waals surface area contributed by atoms with Gasteiger partial charge in [-0.3, -0.25) is 0 Å². The van der Waals surface area contributed by atoms with E-state index in [1.807, 2.05) is 31.2 Å². The molecule has 0 aromatic heterocycles. The van der Waals surface area contributed by atoms with Crippen molar-refractivity contribution in [3.05, 3.63) is 34.3 Å². The smallest absolute Gasteiger partial charge is 0.0457 e. The molecule has 1 aromatic carbocycles. The van der Waals surface area contributed by atoms with Gasteiger partial charge in [-0.25, -0.2) is 0 Å². The molecule has 2 nitrogen and oxygen atoms in total. The molecule has 0 aliphatic carbocycles. The second-order valence-corrected chi connectivity index (χ2v) is 3.76. The Morgan fingerprint density at radius 3 is 2.33 bits per heavy atom. The maximum absolute atomic E-state index is 5.88. The first-order valence-corrected chi connectivity index (χ1v) is 4.68. The van der Waals surface area contributed by atoms with E-state index in [0.717, 1.165) is 10.0 Å². The lowest BCUT2D eigenvalue weighted by molar-refractivity contribution is 0.587. The molecule has 1 rings (SSSR count). The van der Waals surface area contributed by atoms with Crippen molar-refractivity contribution in [2.24, 2.45) is 11.5 Å². The average Bonchev–Trinajstić information content (AvgIpc) is 2.04. The fourth-order valence-electron chi connectivity index (χ4n) is 1.03. The van der Waals surface area contributed by atoms with Crippen LogP contribution in [0.2, 0.25) is 0 Å². The molecule has 4 N–H and O–H groups in total. The van der Waals surface area contributed by atoms with Gasteiger partial charge >= 0.3 is 0 Å². The molecule has 0 spiro atoms. The lowest BCUT2D eigenvalue weighted by Gasteiger charge is -2.17. The summed E-state index contributed by atoms with van der Waals surface area (Å²) in [5, 5.41) is 0. The van der Waals surface area contributed by atoms with Gasteiger partial charge in [0.05, 0.1) is 0 Å². The summed E-state index contributed by atoms with van der Waals surface area (Å²) in [5.74, 6) is 0. The predicted molar refractivity (Wildman–Crippen MR) is 54.7 cm³/mol. The van der Waals surface area contributed by atoms with Crippen molar-refractivity contribution in [3.63, 3.8) is 0 Å². The van der Waals surface area contributed by atoms with Crippen molar-refractivity contribution >= 4 is 15.9 Å². The van der Waals surface area contributed by atoms with Crippen LogP contribution in [0, 0.1) is 0 Å². The summed E-state index contributed by atoms with van der Waals surface area (Å²) in [6.45, 7) is 1.91. The van der Waals surface area contributed by atoms with Gasteiger partial charge in [0.25, 0.3) is 0 Å². The Morgan fingerprint density at radius 1 is 1.25 bits per heavy atom. The van der Waals surface area contributed by atoms with Crippen LogP contribution < -0.4 is 11.5 Å². The minimum absolute atomic E-state index is 0.0244. The fourth-order valence-corrected chi connectivity index (χ4v) is 1.58. The Kier molecular flexibility index (Phi) is 3.26. The Balaban J connectivity index is 2.94. The van der Waals surface area contributed by atoms with Gasteiger partial charge < -0.3 is 11.5 Å². The van der Waals surface area contributed by atoms with Crippen LogP contribution in [0.5, 0.6) is 0 Å². The van der Waals surface area contributed by atoms with Crippen molar-refractivity contribution in [2.75, 3.05) is 0 Å². The quantitative estimate of drug-likeness (QED) is 0.812. The van der Waals surface area contributed by atoms with Crippen LogP contribution in [0.4, 0.5) is 0 Å². The van der Waals surface area contributed by atoms with E-state index in [4.69, 9.17) is 11.5 Å². The zero-order valence-corrected chi connectivity index (χ0v) is 8.58. The minimum Gasteiger partial charge on any atom is -0.326 e. The van der Waals surface area contributed by atoms with Crippen LogP contribution >= 0.6 is 15.9 Å². The molecular weight excluding hydrogens is 216 g/mol. The SMILES string of the molecule is CC(N)C(N)c1ccccc1Br. The van der Waals surface area contributed by atoms with Gasteiger partial charge in [-0.2, -0.15) is 0 Å². The third-order valence-corrected chi connectivity index (χ3v) is 2.55. The van der Waals surface area contributed by atoms with E-state index in [1.54, 1.807) is 0 Å². The summed E-state index contributed by atoms with van der Waals surface area (Å²) in [6, 6.07) is 7.75. The number of rotatable bonds is 2. The zero-order valence-electron chi connectivity index (χ0n) is 7.00. The van der Waals surface area contributed by atoms with Crippen LogP contribution in [0.15, 0.2) is 28.7 Å². The molecule has 12 heavy (non-hydrogen) atoms. The molecule has 0 fully saturated rings. The highest BCUT2D eigenvalue weighted by Gasteiger charge is 2.12. The van der Waals surface area contributed by atoms with Gasteiger partial charge in [0, 0.05) is 16.6 Å². The summed E-state index contributed by atoms with van der Waals surface area (Å²) in [5.41, 5.74) is 12.6. The molecule has 0 amide bonds. The van der Waals surface area contributed by atoms with E-state index in [-0.39, 0.29) is 12.1 Å². The van der Waals surface area contributed by atoms with Gasteiger partial charge in [-0.05, 0) is 18.6 Å². The molecule has 2 unspecified atom stereocenters. The fraction of sp³-hybridized carbons (Fsp3) is 0.333. The number of hydrogen-bond acceptors (Lipinski definition) is 2. The largest absolute Gasteiger partial charge is 0.326 e. The van der Waals surface area contributed by atoms with Gasteiger partial charge in [-0.1, -0.05) is 34.1 Å². The molecule has 66 valence electrons. The monoisotopic (exact) mass is 228 g/mol. The molecule has 0 aliphatic heterocycles. The minimum atomic E-state index is -0.0967. The summed E-state index contributed by atoms with van der Waals surface area (Å²) < 4.78 is 1.02. The Hall–Kier alpha value is -0.380. The van der Waals surface area contributed by atoms with Crippen LogP contribution in [0.1, 0.15) is 18.5 Å². The van der Waals surface area contributed by atoms with E-state index in [0.29, 0.717) is 0 Å². The maximum Gasteiger partial charge on any atom is 0.0457 e. The number of nitrogens with two attached hydrogens (primary N) is 2. The Bertz CT molecular complexity index is 260. The van der Waals surface area contributed by atoms with Crippen molar-refractivity contribution in [1.82, 2.24) is 0 Å². The van der Waals surface area contributed by atoms with Gasteiger partial charge in [-0.15, -0.1) is 0 Å². The van der Waals surface area contributed by atoms with Crippen molar-refractivity contribution in [3.8, 4) is 0 Å². The second kappa shape index (κ2) is 4.03. The summed E-state index contributed by atoms with van der Waals surface area (Å²) in [7, 11) is 0. The normalized spacial score (nSPS) is 15.7. The van der Waals surface area contributed by atoms with Crippen LogP contribution in [0.3, 0.4) is 0 Å². The van der Waals surface area contributed by atoms with Crippen LogP contribution in [-0.4, -0.2) is 6.04 Å². The van der Waals surface area contributed by atoms with E-state index < -0.39 is 0 Å². The van der Waals surface area contributed by atoms with Crippen molar-refractivity contribution in [2.45, 2.75) is 19.0 Å². The molecule has 1 aromatic rings. The molecule has 0 saturated heterocycles. The lowest BCUT2D eigenvalue weighted by atomic mass is 10.0. The van der Waals surface area contributed by atoms with Gasteiger partial charge in [0.1, 0.15) is 0 Å². The van der Waals surface area contributed by atoms with Crippen LogP contribution in [-0.2, 0) is 0 Å². The maximum atomic E-state index is 5.88. The van der Waals surface area contributed by atoms with E-state index in [9.17, 15) is 0 Å².